The third kappa shape index (κ3) is 4.27. The molecule has 3 nitrogen and oxygen atoms in total. The van der Waals surface area contributed by atoms with Crippen molar-refractivity contribution in [3.63, 3.8) is 0 Å². The Bertz CT molecular complexity index is 333. The van der Waals surface area contributed by atoms with Crippen LogP contribution in [0.15, 0.2) is 24.3 Å². The Morgan fingerprint density at radius 1 is 1.29 bits per heavy atom. The molecule has 0 spiro atoms. The zero-order valence-electron chi connectivity index (χ0n) is 11.4. The molecule has 0 fully saturated rings. The van der Waals surface area contributed by atoms with Crippen molar-refractivity contribution in [3.8, 4) is 5.75 Å². The Kier molecular flexibility index (Phi) is 4.82. The van der Waals surface area contributed by atoms with E-state index in [1.807, 2.05) is 12.1 Å². The maximum atomic E-state index is 6.26. The van der Waals surface area contributed by atoms with Gasteiger partial charge in [0.15, 0.2) is 0 Å². The summed E-state index contributed by atoms with van der Waals surface area (Å²) in [6, 6.07) is 8.06. The first-order valence-electron chi connectivity index (χ1n) is 6.12. The number of likely N-dealkylation sites (N-methyl/N-ethyl adjacent to an activating group) is 1. The van der Waals surface area contributed by atoms with E-state index in [0.717, 1.165) is 25.1 Å². The Labute approximate surface area is 105 Å². The van der Waals surface area contributed by atoms with Gasteiger partial charge in [-0.2, -0.15) is 0 Å². The quantitative estimate of drug-likeness (QED) is 0.825. The van der Waals surface area contributed by atoms with E-state index in [9.17, 15) is 0 Å². The van der Waals surface area contributed by atoms with Crippen molar-refractivity contribution < 1.29 is 4.74 Å². The number of nitrogens with zero attached hydrogens (tertiary/aromatic N) is 1. The van der Waals surface area contributed by atoms with Crippen LogP contribution in [-0.2, 0) is 0 Å². The average molecular weight is 236 g/mol. The van der Waals surface area contributed by atoms with Crippen LogP contribution in [0.3, 0.4) is 0 Å². The first-order valence-corrected chi connectivity index (χ1v) is 6.12. The summed E-state index contributed by atoms with van der Waals surface area (Å²) < 4.78 is 5.15. The van der Waals surface area contributed by atoms with Gasteiger partial charge in [0, 0.05) is 24.8 Å². The summed E-state index contributed by atoms with van der Waals surface area (Å²) in [6.07, 6.45) is 2.15. The van der Waals surface area contributed by atoms with Crippen LogP contribution in [0, 0.1) is 0 Å². The molecule has 1 rings (SSSR count). The van der Waals surface area contributed by atoms with E-state index in [1.165, 1.54) is 5.69 Å². The fourth-order valence-corrected chi connectivity index (χ4v) is 2.12. The number of anilines is 1. The molecule has 0 bridgehead atoms. The van der Waals surface area contributed by atoms with E-state index >= 15 is 0 Å². The van der Waals surface area contributed by atoms with Gasteiger partial charge in [-0.3, -0.25) is 0 Å². The molecule has 2 N–H and O–H groups in total. The molecule has 0 aliphatic carbocycles. The van der Waals surface area contributed by atoms with E-state index < -0.39 is 0 Å². The summed E-state index contributed by atoms with van der Waals surface area (Å²) >= 11 is 0. The molecule has 1 aromatic rings. The van der Waals surface area contributed by atoms with Gasteiger partial charge < -0.3 is 15.4 Å². The number of hydrogen-bond donors (Lipinski definition) is 1. The number of rotatable bonds is 6. The van der Waals surface area contributed by atoms with Gasteiger partial charge in [0.2, 0.25) is 0 Å². The second kappa shape index (κ2) is 5.92. The highest BCUT2D eigenvalue weighted by Crippen LogP contribution is 2.20. The van der Waals surface area contributed by atoms with Gasteiger partial charge in [0.05, 0.1) is 7.11 Å². The zero-order chi connectivity index (χ0) is 12.9. The number of hydrogen-bond acceptors (Lipinski definition) is 3. The molecular formula is C14H24N2O. The van der Waals surface area contributed by atoms with Crippen molar-refractivity contribution in [1.82, 2.24) is 0 Å². The average Bonchev–Trinajstić information content (AvgIpc) is 2.28. The van der Waals surface area contributed by atoms with Crippen LogP contribution in [-0.4, -0.2) is 26.2 Å². The normalized spacial score (nSPS) is 14.2. The molecule has 17 heavy (non-hydrogen) atoms. The van der Waals surface area contributed by atoms with Gasteiger partial charge in [-0.05, 0) is 37.6 Å². The van der Waals surface area contributed by atoms with Crippen LogP contribution in [0.25, 0.3) is 0 Å². The van der Waals surface area contributed by atoms with Crippen molar-refractivity contribution in [2.75, 3.05) is 25.6 Å². The van der Waals surface area contributed by atoms with Crippen molar-refractivity contribution in [2.24, 2.45) is 5.73 Å². The minimum atomic E-state index is -0.135. The molecule has 3 heteroatoms. The molecular weight excluding hydrogens is 212 g/mol. The molecule has 0 aliphatic rings. The van der Waals surface area contributed by atoms with Crippen molar-refractivity contribution in [1.29, 1.82) is 0 Å². The minimum absolute atomic E-state index is 0.135. The predicted molar refractivity (Wildman–Crippen MR) is 73.8 cm³/mol. The second-order valence-corrected chi connectivity index (χ2v) is 4.96. The van der Waals surface area contributed by atoms with Gasteiger partial charge in [-0.15, -0.1) is 0 Å². The van der Waals surface area contributed by atoms with E-state index in [1.54, 1.807) is 7.11 Å². The van der Waals surface area contributed by atoms with Crippen LogP contribution >= 0.6 is 0 Å². The van der Waals surface area contributed by atoms with Crippen molar-refractivity contribution in [2.45, 2.75) is 32.2 Å². The topological polar surface area (TPSA) is 38.5 Å². The molecule has 0 saturated carbocycles. The van der Waals surface area contributed by atoms with Gasteiger partial charge in [-0.25, -0.2) is 0 Å². The van der Waals surface area contributed by atoms with Crippen molar-refractivity contribution in [3.05, 3.63) is 24.3 Å². The van der Waals surface area contributed by atoms with E-state index in [-0.39, 0.29) is 5.54 Å². The molecule has 0 amide bonds. The summed E-state index contributed by atoms with van der Waals surface area (Å²) in [5.74, 6) is 0.881. The molecule has 0 aromatic heterocycles. The monoisotopic (exact) mass is 236 g/mol. The summed E-state index contributed by atoms with van der Waals surface area (Å²) in [7, 11) is 3.75. The Balaban J connectivity index is 2.65. The number of nitrogens with two attached hydrogens (primary N) is 1. The lowest BCUT2D eigenvalue weighted by molar-refractivity contribution is 0.414. The lowest BCUT2D eigenvalue weighted by Gasteiger charge is -2.31. The largest absolute Gasteiger partial charge is 0.497 e. The van der Waals surface area contributed by atoms with Crippen LogP contribution < -0.4 is 15.4 Å². The predicted octanol–water partition coefficient (Wildman–Crippen LogP) is 2.65. The highest BCUT2D eigenvalue weighted by Gasteiger charge is 2.19. The van der Waals surface area contributed by atoms with Gasteiger partial charge in [-0.1, -0.05) is 13.3 Å². The van der Waals surface area contributed by atoms with Gasteiger partial charge in [0.25, 0.3) is 0 Å². The van der Waals surface area contributed by atoms with Gasteiger partial charge in [0.1, 0.15) is 5.75 Å². The fourth-order valence-electron chi connectivity index (χ4n) is 2.12. The molecule has 1 aromatic carbocycles. The summed E-state index contributed by atoms with van der Waals surface area (Å²) in [5, 5.41) is 0. The Hall–Kier alpha value is -1.22. The van der Waals surface area contributed by atoms with E-state index in [4.69, 9.17) is 10.5 Å². The third-order valence-electron chi connectivity index (χ3n) is 2.93. The number of benzene rings is 1. The molecule has 0 radical (unpaired) electrons. The van der Waals surface area contributed by atoms with Crippen LogP contribution in [0.4, 0.5) is 5.69 Å². The molecule has 0 saturated heterocycles. The standard InChI is InChI=1S/C14H24N2O/c1-5-10-14(2,15)11-16(3)12-6-8-13(17-4)9-7-12/h6-9H,5,10-11,15H2,1-4H3. The lowest BCUT2D eigenvalue weighted by Crippen LogP contribution is -2.46. The Morgan fingerprint density at radius 2 is 1.88 bits per heavy atom. The number of ether oxygens (including phenoxy) is 1. The highest BCUT2D eigenvalue weighted by atomic mass is 16.5. The van der Waals surface area contributed by atoms with Crippen LogP contribution in [0.1, 0.15) is 26.7 Å². The maximum absolute atomic E-state index is 6.26. The van der Waals surface area contributed by atoms with Gasteiger partial charge >= 0.3 is 0 Å². The number of methoxy groups -OCH3 is 1. The summed E-state index contributed by atoms with van der Waals surface area (Å²) in [5.41, 5.74) is 7.29. The SMILES string of the molecule is CCCC(C)(N)CN(C)c1ccc(OC)cc1. The Morgan fingerprint density at radius 3 is 2.35 bits per heavy atom. The summed E-state index contributed by atoms with van der Waals surface area (Å²) in [6.45, 7) is 5.13. The lowest BCUT2D eigenvalue weighted by atomic mass is 9.97. The fraction of sp³-hybridized carbons (Fsp3) is 0.571. The first kappa shape index (κ1) is 13.8. The first-order chi connectivity index (χ1) is 7.98. The molecule has 0 heterocycles. The zero-order valence-corrected chi connectivity index (χ0v) is 11.4. The van der Waals surface area contributed by atoms with Crippen LogP contribution in [0.2, 0.25) is 0 Å². The smallest absolute Gasteiger partial charge is 0.119 e. The van der Waals surface area contributed by atoms with E-state index in [0.29, 0.717) is 0 Å². The third-order valence-corrected chi connectivity index (χ3v) is 2.93. The molecule has 96 valence electrons. The maximum Gasteiger partial charge on any atom is 0.119 e. The summed E-state index contributed by atoms with van der Waals surface area (Å²) in [4.78, 5) is 2.19. The highest BCUT2D eigenvalue weighted by molar-refractivity contribution is 5.48. The minimum Gasteiger partial charge on any atom is -0.497 e. The van der Waals surface area contributed by atoms with Crippen molar-refractivity contribution >= 4 is 5.69 Å². The van der Waals surface area contributed by atoms with Crippen LogP contribution in [0.5, 0.6) is 5.75 Å². The second-order valence-electron chi connectivity index (χ2n) is 4.96. The van der Waals surface area contributed by atoms with E-state index in [2.05, 4.69) is 37.9 Å². The molecule has 0 aliphatic heterocycles. The molecule has 1 atom stereocenters. The molecule has 1 unspecified atom stereocenters.